The Bertz CT molecular complexity index is 491. The molecule has 1 N–H and O–H groups in total. The molecule has 2 saturated heterocycles. The van der Waals surface area contributed by atoms with Crippen molar-refractivity contribution in [2.24, 2.45) is 11.3 Å². The fourth-order valence-electron chi connectivity index (χ4n) is 3.79. The van der Waals surface area contributed by atoms with Gasteiger partial charge in [0, 0.05) is 39.1 Å². The Balaban J connectivity index is 1.69. The molecule has 0 radical (unpaired) electrons. The smallest absolute Gasteiger partial charge is 0.228 e. The second-order valence-corrected chi connectivity index (χ2v) is 6.40. The maximum atomic E-state index is 12.6. The van der Waals surface area contributed by atoms with Crippen molar-refractivity contribution in [3.8, 4) is 0 Å². The van der Waals surface area contributed by atoms with Gasteiger partial charge in [-0.3, -0.25) is 9.59 Å². The van der Waals surface area contributed by atoms with Crippen LogP contribution < -0.4 is 5.32 Å². The zero-order valence-electron chi connectivity index (χ0n) is 13.1. The van der Waals surface area contributed by atoms with Gasteiger partial charge in [0.25, 0.3) is 0 Å². The zero-order chi connectivity index (χ0) is 15.6. The monoisotopic (exact) mass is 308 g/mol. The third-order valence-corrected chi connectivity index (χ3v) is 5.17. The number of carbonyl (C=O) groups is 2. The van der Waals surface area contributed by atoms with Crippen LogP contribution in [0.2, 0.25) is 0 Å². The highest BCUT2D eigenvalue weighted by Gasteiger charge is 2.54. The summed E-state index contributed by atoms with van der Waals surface area (Å²) in [6, 6.07) is 0. The van der Waals surface area contributed by atoms with Crippen LogP contribution in [-0.4, -0.2) is 63.3 Å². The number of rotatable bonds is 3. The van der Waals surface area contributed by atoms with Gasteiger partial charge in [0.15, 0.2) is 0 Å². The predicted octanol–water partition coefficient (Wildman–Crippen LogP) is 0.334. The molecule has 6 heteroatoms. The van der Waals surface area contributed by atoms with Crippen LogP contribution in [0.15, 0.2) is 11.6 Å². The molecule has 2 fully saturated rings. The van der Waals surface area contributed by atoms with Crippen LogP contribution in [0.4, 0.5) is 0 Å². The lowest BCUT2D eigenvalue weighted by atomic mass is 9.73. The Labute approximate surface area is 130 Å². The van der Waals surface area contributed by atoms with E-state index in [2.05, 4.69) is 5.32 Å². The summed E-state index contributed by atoms with van der Waals surface area (Å²) in [7, 11) is 1.67. The SMILES string of the molecule is CNC(=O)[C@]12CCOC[C@H]1CN(C(=O)CC1=CCOCC1)C2. The Kier molecular flexibility index (Phi) is 4.49. The molecule has 0 aromatic carbocycles. The topological polar surface area (TPSA) is 67.9 Å². The molecule has 122 valence electrons. The summed E-state index contributed by atoms with van der Waals surface area (Å²) >= 11 is 0. The van der Waals surface area contributed by atoms with Gasteiger partial charge in [-0.15, -0.1) is 0 Å². The van der Waals surface area contributed by atoms with E-state index in [1.54, 1.807) is 7.05 Å². The molecule has 0 saturated carbocycles. The van der Waals surface area contributed by atoms with Crippen LogP contribution in [0.25, 0.3) is 0 Å². The summed E-state index contributed by atoms with van der Waals surface area (Å²) in [6.07, 6.45) is 3.97. The summed E-state index contributed by atoms with van der Waals surface area (Å²) in [4.78, 5) is 26.8. The molecule has 0 unspecified atom stereocenters. The average Bonchev–Trinajstić information content (AvgIpc) is 2.96. The number of carbonyl (C=O) groups excluding carboxylic acids is 2. The van der Waals surface area contributed by atoms with E-state index in [1.165, 1.54) is 0 Å². The first-order chi connectivity index (χ1) is 10.7. The lowest BCUT2D eigenvalue weighted by Crippen LogP contribution is -2.49. The molecule has 0 aromatic rings. The summed E-state index contributed by atoms with van der Waals surface area (Å²) in [5, 5.41) is 2.78. The molecule has 2 atom stereocenters. The third-order valence-electron chi connectivity index (χ3n) is 5.17. The van der Waals surface area contributed by atoms with Crippen molar-refractivity contribution >= 4 is 11.8 Å². The van der Waals surface area contributed by atoms with Crippen molar-refractivity contribution in [3.63, 3.8) is 0 Å². The van der Waals surface area contributed by atoms with Crippen molar-refractivity contribution in [3.05, 3.63) is 11.6 Å². The number of ether oxygens (including phenoxy) is 2. The quantitative estimate of drug-likeness (QED) is 0.763. The van der Waals surface area contributed by atoms with E-state index in [9.17, 15) is 9.59 Å². The molecular formula is C16H24N2O4. The predicted molar refractivity (Wildman–Crippen MR) is 80.1 cm³/mol. The van der Waals surface area contributed by atoms with E-state index in [4.69, 9.17) is 9.47 Å². The van der Waals surface area contributed by atoms with Crippen molar-refractivity contribution in [1.29, 1.82) is 0 Å². The van der Waals surface area contributed by atoms with Gasteiger partial charge in [0.2, 0.25) is 11.8 Å². The van der Waals surface area contributed by atoms with Crippen molar-refractivity contribution in [1.82, 2.24) is 10.2 Å². The fourth-order valence-corrected chi connectivity index (χ4v) is 3.79. The highest BCUT2D eigenvalue weighted by Crippen LogP contribution is 2.42. The minimum atomic E-state index is -0.466. The normalized spacial score (nSPS) is 31.4. The van der Waals surface area contributed by atoms with Gasteiger partial charge in [-0.25, -0.2) is 0 Å². The Morgan fingerprint density at radius 2 is 2.27 bits per heavy atom. The lowest BCUT2D eigenvalue weighted by molar-refractivity contribution is -0.139. The van der Waals surface area contributed by atoms with Gasteiger partial charge >= 0.3 is 0 Å². The minimum Gasteiger partial charge on any atom is -0.381 e. The van der Waals surface area contributed by atoms with E-state index in [-0.39, 0.29) is 17.7 Å². The van der Waals surface area contributed by atoms with Crippen molar-refractivity contribution < 1.29 is 19.1 Å². The first-order valence-electron chi connectivity index (χ1n) is 7.99. The molecule has 3 rings (SSSR count). The molecule has 3 heterocycles. The molecular weight excluding hydrogens is 284 g/mol. The summed E-state index contributed by atoms with van der Waals surface area (Å²) in [5.74, 6) is 0.265. The molecule has 6 nitrogen and oxygen atoms in total. The lowest BCUT2D eigenvalue weighted by Gasteiger charge is -2.36. The first kappa shape index (κ1) is 15.5. The highest BCUT2D eigenvalue weighted by molar-refractivity contribution is 5.86. The second kappa shape index (κ2) is 6.38. The van der Waals surface area contributed by atoms with Crippen LogP contribution in [0.1, 0.15) is 19.3 Å². The summed E-state index contributed by atoms with van der Waals surface area (Å²) in [5.41, 5.74) is 0.684. The van der Waals surface area contributed by atoms with Gasteiger partial charge in [-0.1, -0.05) is 11.6 Å². The average molecular weight is 308 g/mol. The largest absolute Gasteiger partial charge is 0.381 e. The van der Waals surface area contributed by atoms with E-state index < -0.39 is 5.41 Å². The highest BCUT2D eigenvalue weighted by atomic mass is 16.5. The van der Waals surface area contributed by atoms with Gasteiger partial charge in [0.05, 0.1) is 25.2 Å². The zero-order valence-corrected chi connectivity index (χ0v) is 13.1. The van der Waals surface area contributed by atoms with E-state index in [1.807, 2.05) is 11.0 Å². The van der Waals surface area contributed by atoms with E-state index in [0.29, 0.717) is 52.4 Å². The summed E-state index contributed by atoms with van der Waals surface area (Å²) < 4.78 is 10.8. The standard InChI is InChI=1S/C16H24N2O4/c1-17-15(20)16-4-7-22-10-13(16)9-18(11-16)14(19)8-12-2-5-21-6-3-12/h2,13H,3-11H2,1H3,(H,17,20)/t13-,16+/m1/s1. The number of nitrogens with one attached hydrogen (secondary N) is 1. The van der Waals surface area contributed by atoms with Crippen LogP contribution in [0.3, 0.4) is 0 Å². The number of hydrogen-bond donors (Lipinski definition) is 1. The fraction of sp³-hybridized carbons (Fsp3) is 0.750. The van der Waals surface area contributed by atoms with Gasteiger partial charge in [-0.05, 0) is 12.8 Å². The van der Waals surface area contributed by atoms with E-state index in [0.717, 1.165) is 12.0 Å². The number of likely N-dealkylation sites (tertiary alicyclic amines) is 1. The second-order valence-electron chi connectivity index (χ2n) is 6.40. The number of amides is 2. The number of fused-ring (bicyclic) bond motifs is 1. The maximum absolute atomic E-state index is 12.6. The molecule has 2 amide bonds. The van der Waals surface area contributed by atoms with Gasteiger partial charge in [-0.2, -0.15) is 0 Å². The first-order valence-corrected chi connectivity index (χ1v) is 7.99. The summed E-state index contributed by atoms with van der Waals surface area (Å²) in [6.45, 7) is 3.58. The molecule has 0 aliphatic carbocycles. The van der Waals surface area contributed by atoms with Crippen LogP contribution in [-0.2, 0) is 19.1 Å². The van der Waals surface area contributed by atoms with Crippen molar-refractivity contribution in [2.45, 2.75) is 19.3 Å². The maximum Gasteiger partial charge on any atom is 0.228 e. The van der Waals surface area contributed by atoms with Crippen LogP contribution >= 0.6 is 0 Å². The van der Waals surface area contributed by atoms with E-state index >= 15 is 0 Å². The molecule has 0 bridgehead atoms. The molecule has 22 heavy (non-hydrogen) atoms. The van der Waals surface area contributed by atoms with Gasteiger partial charge < -0.3 is 19.7 Å². The molecule has 3 aliphatic heterocycles. The Morgan fingerprint density at radius 1 is 1.41 bits per heavy atom. The Hall–Kier alpha value is -1.40. The molecule has 0 spiro atoms. The third kappa shape index (κ3) is 2.77. The minimum absolute atomic E-state index is 0.0429. The number of hydrogen-bond acceptors (Lipinski definition) is 4. The number of nitrogens with zero attached hydrogens (tertiary/aromatic N) is 1. The molecule has 0 aromatic heterocycles. The van der Waals surface area contributed by atoms with Crippen LogP contribution in [0.5, 0.6) is 0 Å². The Morgan fingerprint density at radius 3 is 3.00 bits per heavy atom. The van der Waals surface area contributed by atoms with Crippen LogP contribution in [0, 0.1) is 11.3 Å². The van der Waals surface area contributed by atoms with Gasteiger partial charge in [0.1, 0.15) is 0 Å². The van der Waals surface area contributed by atoms with Crippen molar-refractivity contribution in [2.75, 3.05) is 46.6 Å². The molecule has 3 aliphatic rings.